The average molecular weight is 641 g/mol. The van der Waals surface area contributed by atoms with Crippen LogP contribution in [0, 0.1) is 12.8 Å². The predicted octanol–water partition coefficient (Wildman–Crippen LogP) is 6.43. The van der Waals surface area contributed by atoms with Crippen molar-refractivity contribution in [1.82, 2.24) is 5.32 Å². The van der Waals surface area contributed by atoms with E-state index < -0.39 is 85.3 Å². The van der Waals surface area contributed by atoms with Gasteiger partial charge >= 0.3 is 18.5 Å². The lowest BCUT2D eigenvalue weighted by molar-refractivity contribution is -0.143. The van der Waals surface area contributed by atoms with Gasteiger partial charge in [-0.25, -0.2) is 4.99 Å². The number of hydrogen-bond acceptors (Lipinski definition) is 4. The molecule has 0 spiro atoms. The van der Waals surface area contributed by atoms with Crippen molar-refractivity contribution < 1.29 is 53.9 Å². The van der Waals surface area contributed by atoms with Crippen LogP contribution in [0.1, 0.15) is 61.3 Å². The van der Waals surface area contributed by atoms with Gasteiger partial charge in [0.2, 0.25) is 18.0 Å². The average Bonchev–Trinajstić information content (AvgIpc) is 3.00. The van der Waals surface area contributed by atoms with E-state index in [1.807, 2.05) is 0 Å². The first-order valence-corrected chi connectivity index (χ1v) is 13.1. The Morgan fingerprint density at radius 3 is 2.09 bits per heavy atom. The highest BCUT2D eigenvalue weighted by atomic mass is 19.4. The molecule has 242 valence electrons. The van der Waals surface area contributed by atoms with Crippen molar-refractivity contribution in [3.63, 3.8) is 0 Å². The summed E-state index contributed by atoms with van der Waals surface area (Å²) in [5.41, 5.74) is 4.27. The molecule has 7 nitrogen and oxygen atoms in total. The lowest BCUT2D eigenvalue weighted by Gasteiger charge is -2.20. The Balaban J connectivity index is 0.000000860. The highest BCUT2D eigenvalue weighted by Gasteiger charge is 2.39. The van der Waals surface area contributed by atoms with Crippen LogP contribution >= 0.6 is 0 Å². The summed E-state index contributed by atoms with van der Waals surface area (Å²) in [6.45, 7) is 3.24. The van der Waals surface area contributed by atoms with Crippen molar-refractivity contribution in [1.29, 1.82) is 0 Å². The minimum absolute atomic E-state index is 0.0600. The standard InChI is InChI=1S/C24H22F6N4O3.C4H7F3/c1-12-4-2-5-13(10-12)18-15-6-3-7-16(24(28,29)30)19(15)33-22(37)20(32-18)34-21(36)14(11-17(31)35)8-9-23(25,26)27;1-2-3-4(5,6)7/h2-7,10,14,20H,8-9,11H2,1H3,(H2,31,35)(H,33,37)(H,34,36);2-3H2,1H3. The maximum atomic E-state index is 13.7. The zero-order chi connectivity index (χ0) is 33.5. The molecule has 2 unspecified atom stereocenters. The van der Waals surface area contributed by atoms with E-state index in [-0.39, 0.29) is 17.7 Å². The number of nitrogens with two attached hydrogens (primary N) is 1. The molecule has 0 aliphatic carbocycles. The summed E-state index contributed by atoms with van der Waals surface area (Å²) in [5.74, 6) is -4.86. The van der Waals surface area contributed by atoms with Gasteiger partial charge in [0, 0.05) is 36.3 Å². The lowest BCUT2D eigenvalue weighted by Crippen LogP contribution is -2.45. The Bertz CT molecular complexity index is 1370. The Labute approximate surface area is 246 Å². The lowest BCUT2D eigenvalue weighted by atomic mass is 9.96. The number of alkyl halides is 9. The Morgan fingerprint density at radius 2 is 1.59 bits per heavy atom. The van der Waals surface area contributed by atoms with Crippen LogP contribution in [-0.2, 0) is 20.6 Å². The third-order valence-corrected chi connectivity index (χ3v) is 6.08. The monoisotopic (exact) mass is 640 g/mol. The second-order valence-corrected chi connectivity index (χ2v) is 9.86. The molecule has 2 atom stereocenters. The Kier molecular flexibility index (Phi) is 12.0. The Morgan fingerprint density at radius 1 is 0.977 bits per heavy atom. The molecule has 44 heavy (non-hydrogen) atoms. The van der Waals surface area contributed by atoms with Crippen LogP contribution in [-0.4, -0.2) is 42.0 Å². The number of anilines is 1. The number of aryl methyl sites for hydroxylation is 1. The van der Waals surface area contributed by atoms with Gasteiger partial charge in [0.15, 0.2) is 0 Å². The second kappa shape index (κ2) is 14.6. The van der Waals surface area contributed by atoms with E-state index in [4.69, 9.17) is 5.73 Å². The molecule has 0 bridgehead atoms. The van der Waals surface area contributed by atoms with E-state index in [1.54, 1.807) is 31.2 Å². The van der Waals surface area contributed by atoms with Crippen LogP contribution in [0.4, 0.5) is 45.2 Å². The van der Waals surface area contributed by atoms with Crippen LogP contribution in [0.3, 0.4) is 0 Å². The predicted molar refractivity (Wildman–Crippen MR) is 142 cm³/mol. The van der Waals surface area contributed by atoms with Crippen molar-refractivity contribution in [3.05, 3.63) is 64.7 Å². The molecule has 0 aromatic heterocycles. The highest BCUT2D eigenvalue weighted by Crippen LogP contribution is 2.38. The highest BCUT2D eigenvalue weighted by molar-refractivity contribution is 6.20. The van der Waals surface area contributed by atoms with E-state index in [9.17, 15) is 53.9 Å². The van der Waals surface area contributed by atoms with E-state index in [0.717, 1.165) is 17.7 Å². The van der Waals surface area contributed by atoms with Crippen molar-refractivity contribution >= 4 is 29.1 Å². The first-order chi connectivity index (χ1) is 20.2. The summed E-state index contributed by atoms with van der Waals surface area (Å²) in [4.78, 5) is 41.3. The van der Waals surface area contributed by atoms with Crippen LogP contribution in [0.25, 0.3) is 0 Å². The summed E-state index contributed by atoms with van der Waals surface area (Å²) in [5, 5.41) is 4.31. The van der Waals surface area contributed by atoms with Gasteiger partial charge in [-0.3, -0.25) is 14.4 Å². The maximum absolute atomic E-state index is 13.7. The summed E-state index contributed by atoms with van der Waals surface area (Å²) in [6.07, 6.45) is -18.6. The van der Waals surface area contributed by atoms with Gasteiger partial charge in [-0.15, -0.1) is 0 Å². The van der Waals surface area contributed by atoms with Crippen LogP contribution in [0.2, 0.25) is 0 Å². The number of aliphatic imine (C=N–C) groups is 1. The molecule has 0 radical (unpaired) electrons. The van der Waals surface area contributed by atoms with Gasteiger partial charge < -0.3 is 16.4 Å². The molecular formula is C28H29F9N4O3. The number of nitrogens with zero attached hydrogens (tertiary/aromatic N) is 1. The number of halogens is 9. The first-order valence-electron chi connectivity index (χ1n) is 13.1. The fraction of sp³-hybridized carbons (Fsp3) is 0.429. The fourth-order valence-electron chi connectivity index (χ4n) is 4.13. The normalized spacial score (nSPS) is 15.9. The van der Waals surface area contributed by atoms with Crippen molar-refractivity contribution in [2.24, 2.45) is 16.6 Å². The molecule has 1 heterocycles. The number of hydrogen-bond donors (Lipinski definition) is 3. The number of nitrogens with one attached hydrogen (secondary N) is 2. The van der Waals surface area contributed by atoms with Crippen molar-refractivity contribution in [3.8, 4) is 0 Å². The largest absolute Gasteiger partial charge is 0.418 e. The number of carbonyl (C=O) groups is 3. The van der Waals surface area contributed by atoms with Crippen LogP contribution in [0.5, 0.6) is 0 Å². The van der Waals surface area contributed by atoms with Crippen LogP contribution < -0.4 is 16.4 Å². The molecule has 0 fully saturated rings. The van der Waals surface area contributed by atoms with Gasteiger partial charge in [0.25, 0.3) is 5.91 Å². The smallest absolute Gasteiger partial charge is 0.370 e. The molecular weight excluding hydrogens is 611 g/mol. The van der Waals surface area contributed by atoms with Crippen molar-refractivity contribution in [2.75, 3.05) is 5.32 Å². The third-order valence-electron chi connectivity index (χ3n) is 6.08. The number of amides is 3. The van der Waals surface area contributed by atoms with Crippen LogP contribution in [0.15, 0.2) is 47.5 Å². The summed E-state index contributed by atoms with van der Waals surface area (Å²) >= 11 is 0. The quantitative estimate of drug-likeness (QED) is 0.289. The molecule has 0 saturated carbocycles. The third kappa shape index (κ3) is 11.2. The molecule has 2 aromatic rings. The molecule has 0 saturated heterocycles. The number of para-hydroxylation sites is 1. The number of primary amides is 1. The number of fused-ring (bicyclic) bond motifs is 1. The SMILES string of the molecule is CCCC(F)(F)F.Cc1cccc(C2=NC(NC(=O)C(CCC(F)(F)F)CC(N)=O)C(=O)Nc3c2cccc3C(F)(F)F)c1. The molecule has 1 aliphatic rings. The first kappa shape index (κ1) is 36.1. The number of rotatable bonds is 8. The van der Waals surface area contributed by atoms with E-state index >= 15 is 0 Å². The number of benzene rings is 2. The molecule has 4 N–H and O–H groups in total. The molecule has 3 rings (SSSR count). The zero-order valence-electron chi connectivity index (χ0n) is 23.4. The van der Waals surface area contributed by atoms with E-state index in [2.05, 4.69) is 15.6 Å². The van der Waals surface area contributed by atoms with E-state index in [0.29, 0.717) is 5.56 Å². The van der Waals surface area contributed by atoms with E-state index in [1.165, 1.54) is 13.0 Å². The molecule has 1 aliphatic heterocycles. The number of carbonyl (C=O) groups excluding carboxylic acids is 3. The molecule has 16 heteroatoms. The van der Waals surface area contributed by atoms with Gasteiger partial charge in [-0.1, -0.05) is 42.8 Å². The van der Waals surface area contributed by atoms with Crippen molar-refractivity contribution in [2.45, 2.75) is 70.6 Å². The maximum Gasteiger partial charge on any atom is 0.418 e. The van der Waals surface area contributed by atoms with Gasteiger partial charge in [0.05, 0.1) is 17.0 Å². The summed E-state index contributed by atoms with van der Waals surface area (Å²) in [6, 6.07) is 9.72. The second-order valence-electron chi connectivity index (χ2n) is 9.86. The zero-order valence-corrected chi connectivity index (χ0v) is 23.4. The molecule has 3 amide bonds. The Hall–Kier alpha value is -4.11. The van der Waals surface area contributed by atoms with Gasteiger partial charge in [0.1, 0.15) is 0 Å². The number of benzodiazepines with no additional fused rings is 1. The minimum atomic E-state index is -4.84. The fourth-order valence-corrected chi connectivity index (χ4v) is 4.13. The topological polar surface area (TPSA) is 114 Å². The van der Waals surface area contributed by atoms with Gasteiger partial charge in [-0.2, -0.15) is 39.5 Å². The molecule has 2 aromatic carbocycles. The summed E-state index contributed by atoms with van der Waals surface area (Å²) in [7, 11) is 0. The summed E-state index contributed by atoms with van der Waals surface area (Å²) < 4.78 is 113. The minimum Gasteiger partial charge on any atom is -0.370 e. The van der Waals surface area contributed by atoms with Gasteiger partial charge in [-0.05, 0) is 31.9 Å².